The van der Waals surface area contributed by atoms with Gasteiger partial charge in [0.25, 0.3) is 0 Å². The van der Waals surface area contributed by atoms with Gasteiger partial charge < -0.3 is 5.11 Å². The van der Waals surface area contributed by atoms with Gasteiger partial charge >= 0.3 is 0 Å². The van der Waals surface area contributed by atoms with Crippen LogP contribution in [0.15, 0.2) is 18.2 Å². The van der Waals surface area contributed by atoms with E-state index in [4.69, 9.17) is 11.6 Å². The molecule has 0 saturated carbocycles. The fraction of sp³-hybridized carbons (Fsp3) is 0.600. The van der Waals surface area contributed by atoms with Crippen LogP contribution in [0, 0.1) is 11.8 Å². The zero-order valence-corrected chi connectivity index (χ0v) is 12.1. The highest BCUT2D eigenvalue weighted by Crippen LogP contribution is 2.32. The molecule has 2 nitrogen and oxygen atoms in total. The molecule has 3 atom stereocenters. The van der Waals surface area contributed by atoms with Crippen molar-refractivity contribution < 1.29 is 5.11 Å². The van der Waals surface area contributed by atoms with E-state index in [1.165, 1.54) is 6.42 Å². The molecule has 3 unspecified atom stereocenters. The van der Waals surface area contributed by atoms with Crippen LogP contribution < -0.4 is 0 Å². The molecule has 0 radical (unpaired) electrons. The zero-order chi connectivity index (χ0) is 13.3. The molecule has 0 aliphatic carbocycles. The second-order valence-electron chi connectivity index (χ2n) is 5.74. The Morgan fingerprint density at radius 2 is 2.06 bits per heavy atom. The molecule has 0 amide bonds. The van der Waals surface area contributed by atoms with Crippen molar-refractivity contribution in [1.82, 2.24) is 4.90 Å². The van der Waals surface area contributed by atoms with E-state index in [1.54, 1.807) is 6.07 Å². The lowest BCUT2D eigenvalue weighted by Crippen LogP contribution is -2.45. The van der Waals surface area contributed by atoms with Gasteiger partial charge in [0.05, 0.1) is 5.02 Å². The number of hydrogen-bond donors (Lipinski definition) is 1. The number of benzene rings is 1. The number of likely N-dealkylation sites (tertiary alicyclic amines) is 1. The van der Waals surface area contributed by atoms with E-state index in [0.29, 0.717) is 17.0 Å². The minimum atomic E-state index is 0.234. The summed E-state index contributed by atoms with van der Waals surface area (Å²) >= 11 is 5.96. The summed E-state index contributed by atoms with van der Waals surface area (Å²) in [6, 6.07) is 6.14. The third kappa shape index (κ3) is 2.81. The number of aromatic hydroxyl groups is 1. The van der Waals surface area contributed by atoms with E-state index in [2.05, 4.69) is 25.7 Å². The molecule has 1 aliphatic heterocycles. The van der Waals surface area contributed by atoms with Gasteiger partial charge in [-0.3, -0.25) is 4.90 Å². The van der Waals surface area contributed by atoms with Crippen LogP contribution in [0.1, 0.15) is 32.8 Å². The van der Waals surface area contributed by atoms with Crippen molar-refractivity contribution in [2.45, 2.75) is 39.8 Å². The van der Waals surface area contributed by atoms with Crippen molar-refractivity contribution in [2.24, 2.45) is 11.8 Å². The first kappa shape index (κ1) is 13.7. The summed E-state index contributed by atoms with van der Waals surface area (Å²) in [6.45, 7) is 8.76. The van der Waals surface area contributed by atoms with Gasteiger partial charge in [0, 0.05) is 24.7 Å². The summed E-state index contributed by atoms with van der Waals surface area (Å²) in [4.78, 5) is 2.45. The highest BCUT2D eigenvalue weighted by atomic mass is 35.5. The summed E-state index contributed by atoms with van der Waals surface area (Å²) in [7, 11) is 0. The van der Waals surface area contributed by atoms with Crippen LogP contribution in [0.4, 0.5) is 0 Å². The fourth-order valence-corrected chi connectivity index (χ4v) is 3.14. The molecule has 100 valence electrons. The third-order valence-electron chi connectivity index (χ3n) is 4.16. The topological polar surface area (TPSA) is 23.5 Å². The maximum Gasteiger partial charge on any atom is 0.138 e. The Balaban J connectivity index is 2.15. The smallest absolute Gasteiger partial charge is 0.138 e. The lowest BCUT2D eigenvalue weighted by atomic mass is 9.86. The van der Waals surface area contributed by atoms with Gasteiger partial charge in [-0.25, -0.2) is 0 Å². The maximum atomic E-state index is 9.99. The van der Waals surface area contributed by atoms with E-state index in [-0.39, 0.29) is 5.75 Å². The van der Waals surface area contributed by atoms with E-state index in [9.17, 15) is 5.11 Å². The van der Waals surface area contributed by atoms with Crippen molar-refractivity contribution in [1.29, 1.82) is 0 Å². The summed E-state index contributed by atoms with van der Waals surface area (Å²) in [5, 5.41) is 10.4. The van der Waals surface area contributed by atoms with Crippen LogP contribution in [0.2, 0.25) is 5.02 Å². The normalized spacial score (nSPS) is 29.4. The van der Waals surface area contributed by atoms with E-state index < -0.39 is 0 Å². The standard InChI is InChI=1S/C15H22ClNO/c1-10-7-11(2)12(3)17(8-10)9-13-5-4-6-14(16)15(13)18/h4-6,10-12,18H,7-9H2,1-3H3. The number of halogens is 1. The molecule has 18 heavy (non-hydrogen) atoms. The lowest BCUT2D eigenvalue weighted by molar-refractivity contribution is 0.0723. The van der Waals surface area contributed by atoms with Gasteiger partial charge in [0.1, 0.15) is 5.75 Å². The van der Waals surface area contributed by atoms with Crippen molar-refractivity contribution in [3.63, 3.8) is 0 Å². The minimum absolute atomic E-state index is 0.234. The Morgan fingerprint density at radius 3 is 2.78 bits per heavy atom. The zero-order valence-electron chi connectivity index (χ0n) is 11.4. The lowest BCUT2D eigenvalue weighted by Gasteiger charge is -2.41. The number of para-hydroxylation sites is 1. The summed E-state index contributed by atoms with van der Waals surface area (Å²) in [5.41, 5.74) is 0.927. The first-order valence-electron chi connectivity index (χ1n) is 6.69. The average Bonchev–Trinajstić information content (AvgIpc) is 2.31. The minimum Gasteiger partial charge on any atom is -0.506 e. The maximum absolute atomic E-state index is 9.99. The van der Waals surface area contributed by atoms with Crippen LogP contribution in [-0.4, -0.2) is 22.6 Å². The second-order valence-corrected chi connectivity index (χ2v) is 6.14. The summed E-state index contributed by atoms with van der Waals surface area (Å²) in [5.74, 6) is 1.66. The number of nitrogens with zero attached hydrogens (tertiary/aromatic N) is 1. The molecule has 0 bridgehead atoms. The second kappa shape index (κ2) is 5.50. The molecule has 1 aromatic rings. The Bertz CT molecular complexity index is 421. The summed E-state index contributed by atoms with van der Waals surface area (Å²) < 4.78 is 0. The molecule has 1 aliphatic rings. The molecule has 0 aromatic heterocycles. The highest BCUT2D eigenvalue weighted by Gasteiger charge is 2.29. The Morgan fingerprint density at radius 1 is 1.33 bits per heavy atom. The molecule has 3 heteroatoms. The van der Waals surface area contributed by atoms with Crippen LogP contribution in [-0.2, 0) is 6.54 Å². The third-order valence-corrected chi connectivity index (χ3v) is 4.47. The van der Waals surface area contributed by atoms with Crippen LogP contribution in [0.3, 0.4) is 0 Å². The fourth-order valence-electron chi connectivity index (χ4n) is 2.95. The molecule has 1 aromatic carbocycles. The molecule has 1 fully saturated rings. The molecule has 2 rings (SSSR count). The van der Waals surface area contributed by atoms with E-state index >= 15 is 0 Å². The SMILES string of the molecule is CC1CC(C)C(C)N(Cc2cccc(Cl)c2O)C1. The summed E-state index contributed by atoms with van der Waals surface area (Å²) in [6.07, 6.45) is 1.29. The first-order valence-corrected chi connectivity index (χ1v) is 7.07. The van der Waals surface area contributed by atoms with Gasteiger partial charge in [-0.15, -0.1) is 0 Å². The van der Waals surface area contributed by atoms with Crippen molar-refractivity contribution in [3.8, 4) is 5.75 Å². The van der Waals surface area contributed by atoms with E-state index in [1.807, 2.05) is 12.1 Å². The molecular formula is C15H22ClNO. The van der Waals surface area contributed by atoms with Crippen LogP contribution in [0.5, 0.6) is 5.75 Å². The monoisotopic (exact) mass is 267 g/mol. The first-order chi connectivity index (χ1) is 8.49. The van der Waals surface area contributed by atoms with Gasteiger partial charge in [-0.2, -0.15) is 0 Å². The number of hydrogen-bond acceptors (Lipinski definition) is 2. The molecule has 1 heterocycles. The predicted octanol–water partition coefficient (Wildman–Crippen LogP) is 3.91. The van der Waals surface area contributed by atoms with Gasteiger partial charge in [-0.1, -0.05) is 37.6 Å². The average molecular weight is 268 g/mol. The van der Waals surface area contributed by atoms with Crippen molar-refractivity contribution in [2.75, 3.05) is 6.54 Å². The Kier molecular flexibility index (Phi) is 4.18. The van der Waals surface area contributed by atoms with Crippen LogP contribution in [0.25, 0.3) is 0 Å². The van der Waals surface area contributed by atoms with E-state index in [0.717, 1.165) is 24.6 Å². The van der Waals surface area contributed by atoms with Gasteiger partial charge in [0.15, 0.2) is 0 Å². The number of piperidine rings is 1. The molecule has 1 N–H and O–H groups in total. The van der Waals surface area contributed by atoms with Gasteiger partial charge in [0.2, 0.25) is 0 Å². The Hall–Kier alpha value is -0.730. The molecule has 0 spiro atoms. The molecular weight excluding hydrogens is 246 g/mol. The van der Waals surface area contributed by atoms with Crippen molar-refractivity contribution >= 4 is 11.6 Å². The number of rotatable bonds is 2. The Labute approximate surface area is 115 Å². The largest absolute Gasteiger partial charge is 0.506 e. The van der Waals surface area contributed by atoms with Crippen LogP contribution >= 0.6 is 11.6 Å². The van der Waals surface area contributed by atoms with Gasteiger partial charge in [-0.05, 0) is 31.2 Å². The van der Waals surface area contributed by atoms with Crippen molar-refractivity contribution in [3.05, 3.63) is 28.8 Å². The number of phenolic OH excluding ortho intramolecular Hbond substituents is 1. The number of phenols is 1. The highest BCUT2D eigenvalue weighted by molar-refractivity contribution is 6.32. The predicted molar refractivity (Wildman–Crippen MR) is 75.9 cm³/mol. The molecule has 1 saturated heterocycles. The quantitative estimate of drug-likeness (QED) is 0.878.